The van der Waals surface area contributed by atoms with Gasteiger partial charge in [0.15, 0.2) is 0 Å². The molecule has 0 bridgehead atoms. The van der Waals surface area contributed by atoms with Gasteiger partial charge in [-0.25, -0.2) is 0 Å². The Labute approximate surface area is 119 Å². The van der Waals surface area contributed by atoms with E-state index in [0.29, 0.717) is 17.9 Å². The Kier molecular flexibility index (Phi) is 5.21. The molecule has 0 unspecified atom stereocenters. The van der Waals surface area contributed by atoms with Crippen molar-refractivity contribution in [2.24, 2.45) is 5.92 Å². The summed E-state index contributed by atoms with van der Waals surface area (Å²) in [6.45, 7) is 3.41. The number of nitrogens with one attached hydrogen (secondary N) is 2. The first-order valence-electron chi connectivity index (χ1n) is 7.47. The minimum atomic E-state index is -0.310. The molecule has 5 nitrogen and oxygen atoms in total. The first-order chi connectivity index (χ1) is 9.72. The van der Waals surface area contributed by atoms with Gasteiger partial charge in [0.05, 0.1) is 4.92 Å². The molecule has 0 amide bonds. The number of hydrogen-bond acceptors (Lipinski definition) is 4. The molecule has 1 aromatic rings. The fourth-order valence-corrected chi connectivity index (χ4v) is 2.93. The van der Waals surface area contributed by atoms with Gasteiger partial charge in [-0.1, -0.05) is 31.7 Å². The molecule has 0 saturated heterocycles. The minimum Gasteiger partial charge on any atom is -0.380 e. The normalized spacial score (nSPS) is 15.2. The first kappa shape index (κ1) is 14.6. The van der Waals surface area contributed by atoms with E-state index in [0.717, 1.165) is 18.9 Å². The second-order valence-electron chi connectivity index (χ2n) is 5.36. The van der Waals surface area contributed by atoms with Crippen LogP contribution in [0.1, 0.15) is 39.0 Å². The third-order valence-corrected chi connectivity index (χ3v) is 3.93. The molecule has 0 aromatic heterocycles. The quantitative estimate of drug-likeness (QED) is 0.583. The van der Waals surface area contributed by atoms with Crippen molar-refractivity contribution >= 4 is 17.1 Å². The highest BCUT2D eigenvalue weighted by molar-refractivity contribution is 5.76. The van der Waals surface area contributed by atoms with Gasteiger partial charge >= 0.3 is 5.69 Å². The standard InChI is InChI=1S/C15H23N3O2/c1-2-16-13-8-5-9-14(15(13)18(19)20)17-11-10-12-6-3-4-7-12/h5,8-9,12,16-17H,2-4,6-7,10-11H2,1H3. The number of nitro groups is 1. The molecule has 5 heteroatoms. The lowest BCUT2D eigenvalue weighted by Crippen LogP contribution is -2.09. The molecule has 0 radical (unpaired) electrons. The predicted molar refractivity (Wildman–Crippen MR) is 82.3 cm³/mol. The molecule has 0 atom stereocenters. The molecule has 2 N–H and O–H groups in total. The Balaban J connectivity index is 2.01. The van der Waals surface area contributed by atoms with Crippen LogP contribution in [0.25, 0.3) is 0 Å². The van der Waals surface area contributed by atoms with Gasteiger partial charge in [0.2, 0.25) is 0 Å². The number of para-hydroxylation sites is 1. The van der Waals surface area contributed by atoms with Crippen LogP contribution in [0.2, 0.25) is 0 Å². The molecule has 110 valence electrons. The third kappa shape index (κ3) is 3.62. The molecule has 2 rings (SSSR count). The monoisotopic (exact) mass is 277 g/mol. The van der Waals surface area contributed by atoms with Crippen molar-refractivity contribution in [1.29, 1.82) is 0 Å². The summed E-state index contributed by atoms with van der Waals surface area (Å²) in [7, 11) is 0. The summed E-state index contributed by atoms with van der Waals surface area (Å²) in [6, 6.07) is 5.39. The zero-order valence-electron chi connectivity index (χ0n) is 12.0. The molecule has 0 aliphatic heterocycles. The number of benzene rings is 1. The second kappa shape index (κ2) is 7.12. The average Bonchev–Trinajstić information content (AvgIpc) is 2.92. The predicted octanol–water partition coefficient (Wildman–Crippen LogP) is 4.02. The SMILES string of the molecule is CCNc1cccc(NCCC2CCCC2)c1[N+](=O)[O-]. The average molecular weight is 277 g/mol. The van der Waals surface area contributed by atoms with Crippen LogP contribution in [0.3, 0.4) is 0 Å². The highest BCUT2D eigenvalue weighted by Crippen LogP contribution is 2.33. The van der Waals surface area contributed by atoms with E-state index < -0.39 is 0 Å². The second-order valence-corrected chi connectivity index (χ2v) is 5.36. The van der Waals surface area contributed by atoms with Gasteiger partial charge in [-0.05, 0) is 31.4 Å². The molecular formula is C15H23N3O2. The maximum atomic E-state index is 11.3. The Morgan fingerprint density at radius 2 is 1.90 bits per heavy atom. The number of nitrogens with zero attached hydrogens (tertiary/aromatic N) is 1. The molecular weight excluding hydrogens is 254 g/mol. The smallest absolute Gasteiger partial charge is 0.315 e. The summed E-state index contributed by atoms with van der Waals surface area (Å²) in [5, 5.41) is 17.5. The van der Waals surface area contributed by atoms with E-state index in [1.807, 2.05) is 13.0 Å². The van der Waals surface area contributed by atoms with E-state index in [9.17, 15) is 10.1 Å². The largest absolute Gasteiger partial charge is 0.380 e. The highest BCUT2D eigenvalue weighted by Gasteiger charge is 2.20. The Hall–Kier alpha value is -1.78. The molecule has 1 fully saturated rings. The van der Waals surface area contributed by atoms with Crippen molar-refractivity contribution in [3.05, 3.63) is 28.3 Å². The van der Waals surface area contributed by atoms with Crippen LogP contribution < -0.4 is 10.6 Å². The van der Waals surface area contributed by atoms with Crippen molar-refractivity contribution in [2.75, 3.05) is 23.7 Å². The van der Waals surface area contributed by atoms with E-state index in [1.165, 1.54) is 25.7 Å². The first-order valence-corrected chi connectivity index (χ1v) is 7.47. The summed E-state index contributed by atoms with van der Waals surface area (Å²) < 4.78 is 0. The van der Waals surface area contributed by atoms with Crippen LogP contribution in [-0.2, 0) is 0 Å². The van der Waals surface area contributed by atoms with Gasteiger partial charge in [-0.2, -0.15) is 0 Å². The van der Waals surface area contributed by atoms with Crippen molar-refractivity contribution in [2.45, 2.75) is 39.0 Å². The maximum absolute atomic E-state index is 11.3. The van der Waals surface area contributed by atoms with Crippen LogP contribution >= 0.6 is 0 Å². The van der Waals surface area contributed by atoms with E-state index in [1.54, 1.807) is 12.1 Å². The lowest BCUT2D eigenvalue weighted by molar-refractivity contribution is -0.383. The fourth-order valence-electron chi connectivity index (χ4n) is 2.93. The molecule has 0 heterocycles. The summed E-state index contributed by atoms with van der Waals surface area (Å²) in [5.74, 6) is 0.790. The van der Waals surface area contributed by atoms with Gasteiger partial charge < -0.3 is 10.6 Å². The lowest BCUT2D eigenvalue weighted by atomic mass is 10.0. The van der Waals surface area contributed by atoms with Crippen molar-refractivity contribution in [3.8, 4) is 0 Å². The Morgan fingerprint density at radius 1 is 1.25 bits per heavy atom. The van der Waals surface area contributed by atoms with Crippen LogP contribution in [-0.4, -0.2) is 18.0 Å². The molecule has 20 heavy (non-hydrogen) atoms. The number of hydrogen-bond donors (Lipinski definition) is 2. The highest BCUT2D eigenvalue weighted by atomic mass is 16.6. The van der Waals surface area contributed by atoms with Crippen LogP contribution in [0.4, 0.5) is 17.1 Å². The van der Waals surface area contributed by atoms with E-state index in [2.05, 4.69) is 10.6 Å². The van der Waals surface area contributed by atoms with E-state index in [4.69, 9.17) is 0 Å². The van der Waals surface area contributed by atoms with Crippen LogP contribution in [0, 0.1) is 16.0 Å². The molecule has 1 aromatic carbocycles. The van der Waals surface area contributed by atoms with Gasteiger partial charge in [0.25, 0.3) is 0 Å². The van der Waals surface area contributed by atoms with Crippen molar-refractivity contribution in [3.63, 3.8) is 0 Å². The number of anilines is 2. The molecule has 0 spiro atoms. The third-order valence-electron chi connectivity index (χ3n) is 3.93. The van der Waals surface area contributed by atoms with Gasteiger partial charge in [-0.3, -0.25) is 10.1 Å². The van der Waals surface area contributed by atoms with Crippen LogP contribution in [0.15, 0.2) is 18.2 Å². The Morgan fingerprint density at radius 3 is 2.50 bits per heavy atom. The zero-order valence-corrected chi connectivity index (χ0v) is 12.0. The van der Waals surface area contributed by atoms with Gasteiger partial charge in [0, 0.05) is 13.1 Å². The van der Waals surface area contributed by atoms with Crippen LogP contribution in [0.5, 0.6) is 0 Å². The molecule has 1 aliphatic carbocycles. The zero-order chi connectivity index (χ0) is 14.4. The molecule has 1 aliphatic rings. The number of rotatable bonds is 7. The van der Waals surface area contributed by atoms with E-state index >= 15 is 0 Å². The van der Waals surface area contributed by atoms with Gasteiger partial charge in [0.1, 0.15) is 11.4 Å². The summed E-state index contributed by atoms with van der Waals surface area (Å²) >= 11 is 0. The fraction of sp³-hybridized carbons (Fsp3) is 0.600. The maximum Gasteiger partial charge on any atom is 0.315 e. The summed E-state index contributed by atoms with van der Waals surface area (Å²) in [5.41, 5.74) is 1.36. The lowest BCUT2D eigenvalue weighted by Gasteiger charge is -2.13. The summed E-state index contributed by atoms with van der Waals surface area (Å²) in [4.78, 5) is 11.0. The minimum absolute atomic E-state index is 0.153. The van der Waals surface area contributed by atoms with Crippen molar-refractivity contribution < 1.29 is 4.92 Å². The van der Waals surface area contributed by atoms with Crippen molar-refractivity contribution in [1.82, 2.24) is 0 Å². The summed E-state index contributed by atoms with van der Waals surface area (Å²) in [6.07, 6.45) is 6.38. The molecule has 1 saturated carbocycles. The topological polar surface area (TPSA) is 67.2 Å². The number of nitro benzene ring substituents is 1. The van der Waals surface area contributed by atoms with E-state index in [-0.39, 0.29) is 10.6 Å². The Bertz CT molecular complexity index is 456. The van der Waals surface area contributed by atoms with Gasteiger partial charge in [-0.15, -0.1) is 0 Å².